The molecule has 7 nitrogen and oxygen atoms in total. The van der Waals surface area contributed by atoms with Crippen molar-refractivity contribution in [3.63, 3.8) is 0 Å². The Morgan fingerprint density at radius 3 is 2.25 bits per heavy atom. The first-order chi connectivity index (χ1) is 13.3. The van der Waals surface area contributed by atoms with Crippen LogP contribution in [0.5, 0.6) is 0 Å². The second-order valence-corrected chi connectivity index (χ2v) is 8.77. The van der Waals surface area contributed by atoms with Crippen molar-refractivity contribution in [1.29, 1.82) is 0 Å². The molecule has 1 aliphatic heterocycles. The molecule has 0 spiro atoms. The maximum Gasteiger partial charge on any atom is 0.337 e. The van der Waals surface area contributed by atoms with Gasteiger partial charge in [0.15, 0.2) is 0 Å². The number of para-hydroxylation sites is 1. The van der Waals surface area contributed by atoms with E-state index in [-0.39, 0.29) is 41.1 Å². The van der Waals surface area contributed by atoms with Gasteiger partial charge < -0.3 is 10.4 Å². The number of hydrogen-bond acceptors (Lipinski definition) is 4. The zero-order valence-corrected chi connectivity index (χ0v) is 16.3. The molecule has 0 aliphatic carbocycles. The summed E-state index contributed by atoms with van der Waals surface area (Å²) in [5, 5.41) is 11.9. The van der Waals surface area contributed by atoms with Gasteiger partial charge in [0.1, 0.15) is 0 Å². The predicted octanol–water partition coefficient (Wildman–Crippen LogP) is 2.73. The highest BCUT2D eigenvalue weighted by Gasteiger charge is 2.32. The van der Waals surface area contributed by atoms with Gasteiger partial charge in [0.25, 0.3) is 0 Å². The first kappa shape index (κ1) is 20.0. The molecular weight excluding hydrogens is 380 g/mol. The van der Waals surface area contributed by atoms with Crippen LogP contribution in [-0.4, -0.2) is 42.8 Å². The van der Waals surface area contributed by atoms with Crippen molar-refractivity contribution in [3.05, 3.63) is 59.7 Å². The van der Waals surface area contributed by atoms with Gasteiger partial charge >= 0.3 is 5.97 Å². The summed E-state index contributed by atoms with van der Waals surface area (Å²) >= 11 is 0. The number of carboxylic acid groups (broad SMARTS) is 1. The van der Waals surface area contributed by atoms with Crippen LogP contribution >= 0.6 is 0 Å². The van der Waals surface area contributed by atoms with Crippen LogP contribution in [0.1, 0.15) is 28.8 Å². The molecule has 1 fully saturated rings. The SMILES string of the molecule is Cc1ccc(S(=O)(=O)N2CCC(C(=O)Nc3ccccc3C(=O)O)CC2)cc1. The second-order valence-electron chi connectivity index (χ2n) is 6.83. The first-order valence-electron chi connectivity index (χ1n) is 8.99. The highest BCUT2D eigenvalue weighted by Crippen LogP contribution is 2.25. The van der Waals surface area contributed by atoms with Crippen molar-refractivity contribution < 1.29 is 23.1 Å². The molecule has 2 aromatic rings. The summed E-state index contributed by atoms with van der Waals surface area (Å²) in [5.74, 6) is -1.78. The summed E-state index contributed by atoms with van der Waals surface area (Å²) in [5.41, 5.74) is 1.25. The van der Waals surface area contributed by atoms with Crippen LogP contribution in [0, 0.1) is 12.8 Å². The Balaban J connectivity index is 1.64. The van der Waals surface area contributed by atoms with Crippen molar-refractivity contribution in [3.8, 4) is 0 Å². The number of aromatic carboxylic acids is 1. The summed E-state index contributed by atoms with van der Waals surface area (Å²) < 4.78 is 26.9. The standard InChI is InChI=1S/C20H22N2O5S/c1-14-6-8-16(9-7-14)28(26,27)22-12-10-15(11-13-22)19(23)21-18-5-3-2-4-17(18)20(24)25/h2-9,15H,10-13H2,1H3,(H,21,23)(H,24,25). The number of rotatable bonds is 5. The van der Waals surface area contributed by atoms with E-state index in [1.165, 1.54) is 10.4 Å². The Morgan fingerprint density at radius 1 is 1.04 bits per heavy atom. The normalized spacial score (nSPS) is 15.9. The lowest BCUT2D eigenvalue weighted by Gasteiger charge is -2.30. The van der Waals surface area contributed by atoms with Gasteiger partial charge in [0, 0.05) is 19.0 Å². The number of piperidine rings is 1. The largest absolute Gasteiger partial charge is 0.478 e. The molecule has 148 valence electrons. The van der Waals surface area contributed by atoms with E-state index in [2.05, 4.69) is 5.32 Å². The van der Waals surface area contributed by atoms with Crippen molar-refractivity contribution in [1.82, 2.24) is 4.31 Å². The second kappa shape index (κ2) is 8.12. The third-order valence-electron chi connectivity index (χ3n) is 4.90. The predicted molar refractivity (Wildman–Crippen MR) is 105 cm³/mol. The molecule has 0 atom stereocenters. The number of benzene rings is 2. The average Bonchev–Trinajstić information content (AvgIpc) is 2.68. The number of nitrogens with zero attached hydrogens (tertiary/aromatic N) is 1. The zero-order valence-electron chi connectivity index (χ0n) is 15.5. The van der Waals surface area contributed by atoms with Crippen molar-refractivity contribution >= 4 is 27.6 Å². The molecule has 1 heterocycles. The summed E-state index contributed by atoms with van der Waals surface area (Å²) in [4.78, 5) is 24.0. The van der Waals surface area contributed by atoms with E-state index in [1.54, 1.807) is 42.5 Å². The van der Waals surface area contributed by atoms with Crippen molar-refractivity contribution in [2.24, 2.45) is 5.92 Å². The van der Waals surface area contributed by atoms with Gasteiger partial charge in [0.2, 0.25) is 15.9 Å². The number of carbonyl (C=O) groups is 2. The highest BCUT2D eigenvalue weighted by molar-refractivity contribution is 7.89. The van der Waals surface area contributed by atoms with Crippen LogP contribution < -0.4 is 5.32 Å². The van der Waals surface area contributed by atoms with E-state index in [1.807, 2.05) is 6.92 Å². The smallest absolute Gasteiger partial charge is 0.337 e. The molecule has 1 amide bonds. The lowest BCUT2D eigenvalue weighted by atomic mass is 9.97. The van der Waals surface area contributed by atoms with E-state index >= 15 is 0 Å². The fraction of sp³-hybridized carbons (Fsp3) is 0.300. The maximum absolute atomic E-state index is 12.7. The van der Waals surface area contributed by atoms with Crippen molar-refractivity contribution in [2.45, 2.75) is 24.7 Å². The van der Waals surface area contributed by atoms with Gasteiger partial charge in [-0.1, -0.05) is 29.8 Å². The Hall–Kier alpha value is -2.71. The Bertz CT molecular complexity index is 978. The molecule has 0 bridgehead atoms. The number of hydrogen-bond donors (Lipinski definition) is 2. The molecule has 8 heteroatoms. The van der Waals surface area contributed by atoms with E-state index < -0.39 is 16.0 Å². The fourth-order valence-electron chi connectivity index (χ4n) is 3.23. The first-order valence-corrected chi connectivity index (χ1v) is 10.4. The molecule has 0 saturated carbocycles. The van der Waals surface area contributed by atoms with Crippen LogP contribution in [-0.2, 0) is 14.8 Å². The minimum Gasteiger partial charge on any atom is -0.478 e. The van der Waals surface area contributed by atoms with E-state index in [0.29, 0.717) is 12.8 Å². The minimum atomic E-state index is -3.58. The molecule has 0 radical (unpaired) electrons. The zero-order chi connectivity index (χ0) is 20.3. The molecule has 0 unspecified atom stereocenters. The molecule has 2 N–H and O–H groups in total. The van der Waals surface area contributed by atoms with E-state index in [0.717, 1.165) is 5.56 Å². The van der Waals surface area contributed by atoms with Crippen LogP contribution in [0.15, 0.2) is 53.4 Å². The molecule has 0 aromatic heterocycles. The van der Waals surface area contributed by atoms with Crippen LogP contribution in [0.25, 0.3) is 0 Å². The highest BCUT2D eigenvalue weighted by atomic mass is 32.2. The Kier molecular flexibility index (Phi) is 5.81. The number of anilines is 1. The number of amides is 1. The summed E-state index contributed by atoms with van der Waals surface area (Å²) in [6.07, 6.45) is 0.762. The van der Waals surface area contributed by atoms with Gasteiger partial charge in [-0.05, 0) is 44.0 Å². The number of aryl methyl sites for hydroxylation is 1. The monoisotopic (exact) mass is 402 g/mol. The summed E-state index contributed by atoms with van der Waals surface area (Å²) in [6, 6.07) is 12.9. The molecule has 28 heavy (non-hydrogen) atoms. The van der Waals surface area contributed by atoms with E-state index in [9.17, 15) is 23.1 Å². The molecule has 3 rings (SSSR count). The lowest BCUT2D eigenvalue weighted by molar-refractivity contribution is -0.120. The fourth-order valence-corrected chi connectivity index (χ4v) is 4.70. The number of nitrogens with one attached hydrogen (secondary N) is 1. The topological polar surface area (TPSA) is 104 Å². The third kappa shape index (κ3) is 4.23. The van der Waals surface area contributed by atoms with Crippen LogP contribution in [0.4, 0.5) is 5.69 Å². The Labute approximate surface area is 164 Å². The van der Waals surface area contributed by atoms with Crippen LogP contribution in [0.3, 0.4) is 0 Å². The van der Waals surface area contributed by atoms with Gasteiger partial charge in [-0.15, -0.1) is 0 Å². The van der Waals surface area contributed by atoms with Crippen LogP contribution in [0.2, 0.25) is 0 Å². The molecular formula is C20H22N2O5S. The number of carboxylic acids is 1. The number of carbonyl (C=O) groups excluding carboxylic acids is 1. The third-order valence-corrected chi connectivity index (χ3v) is 6.81. The van der Waals surface area contributed by atoms with Gasteiger partial charge in [-0.25, -0.2) is 13.2 Å². The summed E-state index contributed by atoms with van der Waals surface area (Å²) in [6.45, 7) is 2.38. The number of sulfonamides is 1. The molecule has 2 aromatic carbocycles. The quantitative estimate of drug-likeness (QED) is 0.800. The minimum absolute atomic E-state index is 0.0234. The maximum atomic E-state index is 12.7. The Morgan fingerprint density at radius 2 is 1.64 bits per heavy atom. The summed E-state index contributed by atoms with van der Waals surface area (Å²) in [7, 11) is -3.58. The van der Waals surface area contributed by atoms with Gasteiger partial charge in [-0.2, -0.15) is 4.31 Å². The molecule has 1 saturated heterocycles. The van der Waals surface area contributed by atoms with Gasteiger partial charge in [-0.3, -0.25) is 4.79 Å². The van der Waals surface area contributed by atoms with E-state index in [4.69, 9.17) is 0 Å². The van der Waals surface area contributed by atoms with Gasteiger partial charge in [0.05, 0.1) is 16.1 Å². The molecule has 1 aliphatic rings. The lowest BCUT2D eigenvalue weighted by Crippen LogP contribution is -2.41. The van der Waals surface area contributed by atoms with Crippen molar-refractivity contribution in [2.75, 3.05) is 18.4 Å². The average molecular weight is 402 g/mol.